The summed E-state index contributed by atoms with van der Waals surface area (Å²) < 4.78 is 27.9. The third-order valence-electron chi connectivity index (χ3n) is 1.10. The normalized spacial score (nSPS) is 10.5. The van der Waals surface area contributed by atoms with Crippen LogP contribution in [0.25, 0.3) is 0 Å². The molecule has 0 spiro atoms. The van der Waals surface area contributed by atoms with Gasteiger partial charge in [0.05, 0.1) is 0 Å². The topological polar surface area (TPSA) is 43.1 Å². The Morgan fingerprint density at radius 1 is 1.73 bits per heavy atom. The van der Waals surface area contributed by atoms with E-state index >= 15 is 0 Å². The van der Waals surface area contributed by atoms with Gasteiger partial charge in [0.25, 0.3) is 6.43 Å². The van der Waals surface area contributed by atoms with Crippen molar-refractivity contribution in [3.63, 3.8) is 0 Å². The maximum Gasteiger partial charge on any atom is 0.283 e. The van der Waals surface area contributed by atoms with Gasteiger partial charge in [-0.3, -0.25) is 4.79 Å². The molecule has 3 nitrogen and oxygen atoms in total. The Hall–Kier alpha value is -1.26. The molecule has 0 amide bonds. The van der Waals surface area contributed by atoms with E-state index in [1.807, 2.05) is 0 Å². The zero-order valence-corrected chi connectivity index (χ0v) is 5.67. The van der Waals surface area contributed by atoms with E-state index in [1.165, 1.54) is 6.92 Å². The lowest BCUT2D eigenvalue weighted by Gasteiger charge is -1.84. The molecule has 0 atom stereocenters. The van der Waals surface area contributed by atoms with Crippen molar-refractivity contribution in [2.75, 3.05) is 0 Å². The van der Waals surface area contributed by atoms with E-state index in [-0.39, 0.29) is 5.76 Å². The van der Waals surface area contributed by atoms with Gasteiger partial charge in [0.15, 0.2) is 11.5 Å². The van der Waals surface area contributed by atoms with Crippen LogP contribution in [0, 0.1) is 0 Å². The number of ketones is 1. The summed E-state index contributed by atoms with van der Waals surface area (Å²) in [6, 6.07) is 0.937. The summed E-state index contributed by atoms with van der Waals surface area (Å²) in [6.07, 6.45) is -2.69. The molecule has 11 heavy (non-hydrogen) atoms. The molecule has 1 aromatic heterocycles. The number of nitrogens with zero attached hydrogens (tertiary/aromatic N) is 1. The van der Waals surface area contributed by atoms with Gasteiger partial charge in [-0.05, 0) is 0 Å². The van der Waals surface area contributed by atoms with Crippen LogP contribution in [0.3, 0.4) is 0 Å². The Morgan fingerprint density at radius 3 is 2.64 bits per heavy atom. The average Bonchev–Trinajstić information content (AvgIpc) is 2.33. The van der Waals surface area contributed by atoms with Crippen molar-refractivity contribution < 1.29 is 18.1 Å². The molecule has 0 N–H and O–H groups in total. The molecule has 1 rings (SSSR count). The Labute approximate surface area is 61.0 Å². The zero-order valence-electron chi connectivity index (χ0n) is 5.67. The monoisotopic (exact) mass is 161 g/mol. The Bertz CT molecular complexity index is 269. The summed E-state index contributed by atoms with van der Waals surface area (Å²) in [5.74, 6) is -0.551. The summed E-state index contributed by atoms with van der Waals surface area (Å²) in [6.45, 7) is 1.22. The lowest BCUT2D eigenvalue weighted by atomic mass is 10.3. The van der Waals surface area contributed by atoms with Crippen LogP contribution in [0.2, 0.25) is 0 Å². The number of rotatable bonds is 2. The predicted molar refractivity (Wildman–Crippen MR) is 31.5 cm³/mol. The Kier molecular flexibility index (Phi) is 1.98. The molecule has 0 aliphatic rings. The van der Waals surface area contributed by atoms with Crippen LogP contribution < -0.4 is 0 Å². The summed E-state index contributed by atoms with van der Waals surface area (Å²) in [4.78, 5) is 10.5. The molecule has 1 heterocycles. The van der Waals surface area contributed by atoms with Crippen molar-refractivity contribution in [2.45, 2.75) is 13.3 Å². The summed E-state index contributed by atoms with van der Waals surface area (Å²) in [7, 11) is 0. The second kappa shape index (κ2) is 2.77. The van der Waals surface area contributed by atoms with Crippen LogP contribution in [0.5, 0.6) is 0 Å². The van der Waals surface area contributed by atoms with Crippen LogP contribution in [0.1, 0.15) is 29.6 Å². The molecule has 0 saturated heterocycles. The Morgan fingerprint density at radius 2 is 2.36 bits per heavy atom. The van der Waals surface area contributed by atoms with E-state index in [1.54, 1.807) is 0 Å². The molecule has 0 saturated carbocycles. The molecule has 5 heteroatoms. The first-order valence-electron chi connectivity index (χ1n) is 2.87. The van der Waals surface area contributed by atoms with Crippen LogP contribution in [-0.4, -0.2) is 10.9 Å². The molecule has 0 aliphatic heterocycles. The molecule has 0 aliphatic carbocycles. The van der Waals surface area contributed by atoms with Crippen molar-refractivity contribution in [1.29, 1.82) is 0 Å². The SMILES string of the molecule is CC(=O)c1cc(C(F)F)no1. The largest absolute Gasteiger partial charge is 0.353 e. The van der Waals surface area contributed by atoms with Gasteiger partial charge in [0.2, 0.25) is 5.76 Å². The quantitative estimate of drug-likeness (QED) is 0.621. The minimum Gasteiger partial charge on any atom is -0.353 e. The second-order valence-electron chi connectivity index (χ2n) is 1.97. The van der Waals surface area contributed by atoms with Crippen molar-refractivity contribution in [3.8, 4) is 0 Å². The fraction of sp³-hybridized carbons (Fsp3) is 0.333. The standard InChI is InChI=1S/C6H5F2NO2/c1-3(10)5-2-4(6(7)8)9-11-5/h2,6H,1H3. The highest BCUT2D eigenvalue weighted by atomic mass is 19.3. The van der Waals surface area contributed by atoms with Crippen molar-refractivity contribution in [2.24, 2.45) is 0 Å². The molecule has 1 aromatic rings. The number of alkyl halides is 2. The predicted octanol–water partition coefficient (Wildman–Crippen LogP) is 1.81. The van der Waals surface area contributed by atoms with E-state index in [0.717, 1.165) is 6.07 Å². The summed E-state index contributed by atoms with van der Waals surface area (Å²) >= 11 is 0. The molecule has 0 radical (unpaired) electrons. The van der Waals surface area contributed by atoms with Gasteiger partial charge in [0, 0.05) is 13.0 Å². The highest BCUT2D eigenvalue weighted by Gasteiger charge is 2.15. The smallest absolute Gasteiger partial charge is 0.283 e. The van der Waals surface area contributed by atoms with E-state index in [4.69, 9.17) is 0 Å². The van der Waals surface area contributed by atoms with Gasteiger partial charge in [-0.25, -0.2) is 8.78 Å². The van der Waals surface area contributed by atoms with E-state index in [9.17, 15) is 13.6 Å². The average molecular weight is 161 g/mol. The molecule has 60 valence electrons. The van der Waals surface area contributed by atoms with Crippen LogP contribution in [-0.2, 0) is 0 Å². The minimum atomic E-state index is -2.69. The molecule has 0 unspecified atom stereocenters. The summed E-state index contributed by atoms with van der Waals surface area (Å²) in [5, 5.41) is 2.99. The van der Waals surface area contributed by atoms with Crippen LogP contribution in [0.15, 0.2) is 10.6 Å². The maximum atomic E-state index is 11.8. The number of halogens is 2. The fourth-order valence-electron chi connectivity index (χ4n) is 0.558. The van der Waals surface area contributed by atoms with Gasteiger partial charge >= 0.3 is 0 Å². The second-order valence-corrected chi connectivity index (χ2v) is 1.97. The van der Waals surface area contributed by atoms with E-state index in [2.05, 4.69) is 9.68 Å². The number of carbonyl (C=O) groups is 1. The number of aromatic nitrogens is 1. The van der Waals surface area contributed by atoms with E-state index in [0.29, 0.717) is 0 Å². The van der Waals surface area contributed by atoms with Gasteiger partial charge in [0.1, 0.15) is 0 Å². The minimum absolute atomic E-state index is 0.139. The van der Waals surface area contributed by atoms with Crippen molar-refractivity contribution in [3.05, 3.63) is 17.5 Å². The number of hydrogen-bond donors (Lipinski definition) is 0. The van der Waals surface area contributed by atoms with E-state index < -0.39 is 17.9 Å². The third kappa shape index (κ3) is 1.60. The zero-order chi connectivity index (χ0) is 8.43. The first-order valence-corrected chi connectivity index (χ1v) is 2.87. The molecule has 0 aromatic carbocycles. The van der Waals surface area contributed by atoms with Gasteiger partial charge in [-0.1, -0.05) is 5.16 Å². The maximum absolute atomic E-state index is 11.8. The molecule has 0 fully saturated rings. The lowest BCUT2D eigenvalue weighted by Crippen LogP contribution is -1.86. The fourth-order valence-corrected chi connectivity index (χ4v) is 0.558. The summed E-state index contributed by atoms with van der Waals surface area (Å²) in [5.41, 5.74) is -0.504. The first-order chi connectivity index (χ1) is 5.11. The van der Waals surface area contributed by atoms with Gasteiger partial charge in [-0.15, -0.1) is 0 Å². The van der Waals surface area contributed by atoms with Crippen LogP contribution in [0.4, 0.5) is 8.78 Å². The Balaban J connectivity index is 2.90. The van der Waals surface area contributed by atoms with Gasteiger partial charge < -0.3 is 4.52 Å². The molecule has 0 bridgehead atoms. The first kappa shape index (κ1) is 7.84. The number of Topliss-reactive ketones (excluding diaryl/α,β-unsaturated/α-hetero) is 1. The number of carbonyl (C=O) groups excluding carboxylic acids is 1. The third-order valence-corrected chi connectivity index (χ3v) is 1.10. The highest BCUT2D eigenvalue weighted by Crippen LogP contribution is 2.17. The molecular weight excluding hydrogens is 156 g/mol. The number of hydrogen-bond acceptors (Lipinski definition) is 3. The van der Waals surface area contributed by atoms with Crippen LogP contribution >= 0.6 is 0 Å². The van der Waals surface area contributed by atoms with Gasteiger partial charge in [-0.2, -0.15) is 0 Å². The molecular formula is C6H5F2NO2. The highest BCUT2D eigenvalue weighted by molar-refractivity contribution is 5.91. The van der Waals surface area contributed by atoms with Crippen molar-refractivity contribution in [1.82, 2.24) is 5.16 Å². The lowest BCUT2D eigenvalue weighted by molar-refractivity contribution is 0.0975. The van der Waals surface area contributed by atoms with Crippen molar-refractivity contribution >= 4 is 5.78 Å².